The summed E-state index contributed by atoms with van der Waals surface area (Å²) in [4.78, 5) is 11.8. The summed E-state index contributed by atoms with van der Waals surface area (Å²) in [6, 6.07) is 4.62. The second kappa shape index (κ2) is 6.10. The van der Waals surface area contributed by atoms with Crippen LogP contribution in [-0.4, -0.2) is 37.9 Å². The molecule has 0 bridgehead atoms. The normalized spacial score (nSPS) is 11.8. The molecule has 94 valence electrons. The lowest BCUT2D eigenvalue weighted by Crippen LogP contribution is -2.34. The number of hydrogen-bond donors (Lipinski definition) is 2. The molecular weight excluding hydrogens is 222 g/mol. The van der Waals surface area contributed by atoms with Crippen LogP contribution in [-0.2, 0) is 0 Å². The first-order valence-electron chi connectivity index (χ1n) is 5.25. The summed E-state index contributed by atoms with van der Waals surface area (Å²) < 4.78 is 10.1. The van der Waals surface area contributed by atoms with Crippen LogP contribution >= 0.6 is 0 Å². The van der Waals surface area contributed by atoms with Gasteiger partial charge in [-0.3, -0.25) is 4.79 Å². The van der Waals surface area contributed by atoms with Gasteiger partial charge >= 0.3 is 0 Å². The third-order valence-electron chi connectivity index (χ3n) is 2.26. The molecule has 0 aliphatic rings. The molecule has 1 atom stereocenters. The van der Waals surface area contributed by atoms with Gasteiger partial charge in [0.2, 0.25) is 0 Å². The minimum absolute atomic E-state index is 0.104. The SMILES string of the molecule is COc1cc(OC)cc(C(=O)N[C@H](C)CO)c1. The molecule has 0 saturated carbocycles. The van der Waals surface area contributed by atoms with Gasteiger partial charge in [-0.1, -0.05) is 0 Å². The number of methoxy groups -OCH3 is 2. The van der Waals surface area contributed by atoms with E-state index in [0.717, 1.165) is 0 Å². The van der Waals surface area contributed by atoms with Crippen LogP contribution in [0.1, 0.15) is 17.3 Å². The Bertz CT molecular complexity index is 370. The molecule has 0 spiro atoms. The predicted octanol–water partition coefficient (Wildman–Crippen LogP) is 0.814. The molecule has 1 aromatic carbocycles. The minimum atomic E-state index is -0.292. The molecular formula is C12H17NO4. The Kier molecular flexibility index (Phi) is 4.78. The molecule has 0 aromatic heterocycles. The Morgan fingerprint density at radius 3 is 2.24 bits per heavy atom. The molecule has 2 N–H and O–H groups in total. The maximum absolute atomic E-state index is 11.8. The van der Waals surface area contributed by atoms with Crippen molar-refractivity contribution in [3.05, 3.63) is 23.8 Å². The molecule has 0 heterocycles. The molecule has 0 unspecified atom stereocenters. The Morgan fingerprint density at radius 2 is 1.82 bits per heavy atom. The highest BCUT2D eigenvalue weighted by molar-refractivity contribution is 5.95. The van der Waals surface area contributed by atoms with Gasteiger partial charge < -0.3 is 19.9 Å². The van der Waals surface area contributed by atoms with Gasteiger partial charge in [0.05, 0.1) is 20.8 Å². The molecule has 1 rings (SSSR count). The van der Waals surface area contributed by atoms with Gasteiger partial charge in [0, 0.05) is 17.7 Å². The summed E-state index contributed by atoms with van der Waals surface area (Å²) in [5.74, 6) is 0.820. The number of aliphatic hydroxyl groups excluding tert-OH is 1. The summed E-state index contributed by atoms with van der Waals surface area (Å²) in [5, 5.41) is 11.5. The maximum Gasteiger partial charge on any atom is 0.251 e. The van der Waals surface area contributed by atoms with Crippen molar-refractivity contribution in [2.75, 3.05) is 20.8 Å². The van der Waals surface area contributed by atoms with Crippen LogP contribution in [0.15, 0.2) is 18.2 Å². The van der Waals surface area contributed by atoms with Gasteiger partial charge in [-0.2, -0.15) is 0 Å². The van der Waals surface area contributed by atoms with Crippen LogP contribution < -0.4 is 14.8 Å². The number of rotatable bonds is 5. The number of hydrogen-bond acceptors (Lipinski definition) is 4. The number of nitrogens with one attached hydrogen (secondary N) is 1. The number of aliphatic hydroxyl groups is 1. The second-order valence-corrected chi connectivity index (χ2v) is 3.66. The van der Waals surface area contributed by atoms with Gasteiger partial charge in [-0.15, -0.1) is 0 Å². The monoisotopic (exact) mass is 239 g/mol. The number of benzene rings is 1. The number of amides is 1. The third kappa shape index (κ3) is 3.64. The Morgan fingerprint density at radius 1 is 1.29 bits per heavy atom. The third-order valence-corrected chi connectivity index (χ3v) is 2.26. The van der Waals surface area contributed by atoms with Crippen LogP contribution in [0.25, 0.3) is 0 Å². The zero-order valence-corrected chi connectivity index (χ0v) is 10.2. The molecule has 1 aromatic rings. The average molecular weight is 239 g/mol. The topological polar surface area (TPSA) is 67.8 Å². The van der Waals surface area contributed by atoms with E-state index in [2.05, 4.69) is 5.32 Å². The van der Waals surface area contributed by atoms with E-state index in [0.29, 0.717) is 17.1 Å². The smallest absolute Gasteiger partial charge is 0.251 e. The first-order chi connectivity index (χ1) is 8.10. The zero-order valence-electron chi connectivity index (χ0n) is 10.2. The molecule has 17 heavy (non-hydrogen) atoms. The molecule has 0 saturated heterocycles. The van der Waals surface area contributed by atoms with E-state index in [1.165, 1.54) is 14.2 Å². The Labute approximate surface area is 100 Å². The molecule has 5 nitrogen and oxygen atoms in total. The van der Waals surface area contributed by atoms with Crippen molar-refractivity contribution >= 4 is 5.91 Å². The maximum atomic E-state index is 11.8. The summed E-state index contributed by atoms with van der Waals surface area (Å²) >= 11 is 0. The van der Waals surface area contributed by atoms with Crippen molar-refractivity contribution in [1.82, 2.24) is 5.32 Å². The van der Waals surface area contributed by atoms with Crippen molar-refractivity contribution in [3.8, 4) is 11.5 Å². The van der Waals surface area contributed by atoms with Crippen LogP contribution in [0.2, 0.25) is 0 Å². The van der Waals surface area contributed by atoms with Crippen LogP contribution in [0, 0.1) is 0 Å². The first-order valence-corrected chi connectivity index (χ1v) is 5.25. The lowest BCUT2D eigenvalue weighted by atomic mass is 10.1. The zero-order chi connectivity index (χ0) is 12.8. The highest BCUT2D eigenvalue weighted by atomic mass is 16.5. The van der Waals surface area contributed by atoms with E-state index in [9.17, 15) is 4.79 Å². The molecule has 0 fully saturated rings. The number of ether oxygens (including phenoxy) is 2. The summed E-state index contributed by atoms with van der Waals surface area (Å²) in [6.07, 6.45) is 0. The Balaban J connectivity index is 2.92. The van der Waals surface area contributed by atoms with E-state index in [1.807, 2.05) is 0 Å². The van der Waals surface area contributed by atoms with Gasteiger partial charge in [0.15, 0.2) is 0 Å². The fourth-order valence-corrected chi connectivity index (χ4v) is 1.29. The fourth-order valence-electron chi connectivity index (χ4n) is 1.29. The predicted molar refractivity (Wildman–Crippen MR) is 63.6 cm³/mol. The van der Waals surface area contributed by atoms with E-state index in [4.69, 9.17) is 14.6 Å². The van der Waals surface area contributed by atoms with Crippen molar-refractivity contribution in [1.29, 1.82) is 0 Å². The van der Waals surface area contributed by atoms with Gasteiger partial charge in [-0.25, -0.2) is 0 Å². The van der Waals surface area contributed by atoms with Crippen LogP contribution in [0.4, 0.5) is 0 Å². The summed E-state index contributed by atoms with van der Waals surface area (Å²) in [5.41, 5.74) is 0.432. The molecule has 0 radical (unpaired) electrons. The lowest BCUT2D eigenvalue weighted by Gasteiger charge is -2.12. The number of carbonyl (C=O) groups is 1. The van der Waals surface area contributed by atoms with E-state index < -0.39 is 0 Å². The van der Waals surface area contributed by atoms with E-state index in [1.54, 1.807) is 25.1 Å². The van der Waals surface area contributed by atoms with Crippen molar-refractivity contribution in [3.63, 3.8) is 0 Å². The quantitative estimate of drug-likeness (QED) is 0.798. The number of carbonyl (C=O) groups excluding carboxylic acids is 1. The summed E-state index contributed by atoms with van der Waals surface area (Å²) in [7, 11) is 3.04. The van der Waals surface area contributed by atoms with E-state index >= 15 is 0 Å². The highest BCUT2D eigenvalue weighted by Crippen LogP contribution is 2.22. The fraction of sp³-hybridized carbons (Fsp3) is 0.417. The lowest BCUT2D eigenvalue weighted by molar-refractivity contribution is 0.0921. The van der Waals surface area contributed by atoms with Crippen molar-refractivity contribution in [2.45, 2.75) is 13.0 Å². The minimum Gasteiger partial charge on any atom is -0.497 e. The standard InChI is InChI=1S/C12H17NO4/c1-8(7-14)13-12(15)9-4-10(16-2)6-11(5-9)17-3/h4-6,8,14H,7H2,1-3H3,(H,13,15)/t8-/m1/s1. The highest BCUT2D eigenvalue weighted by Gasteiger charge is 2.11. The molecule has 5 heteroatoms. The van der Waals surface area contributed by atoms with Crippen LogP contribution in [0.5, 0.6) is 11.5 Å². The first kappa shape index (κ1) is 13.3. The van der Waals surface area contributed by atoms with Crippen molar-refractivity contribution in [2.24, 2.45) is 0 Å². The summed E-state index contributed by atoms with van der Waals surface area (Å²) in [6.45, 7) is 1.61. The second-order valence-electron chi connectivity index (χ2n) is 3.66. The molecule has 0 aliphatic carbocycles. The van der Waals surface area contributed by atoms with Gasteiger partial charge in [0.25, 0.3) is 5.91 Å². The Hall–Kier alpha value is -1.75. The van der Waals surface area contributed by atoms with E-state index in [-0.39, 0.29) is 18.6 Å². The van der Waals surface area contributed by atoms with Crippen LogP contribution in [0.3, 0.4) is 0 Å². The van der Waals surface area contributed by atoms with Gasteiger partial charge in [-0.05, 0) is 19.1 Å². The molecule has 0 aliphatic heterocycles. The largest absolute Gasteiger partial charge is 0.497 e. The average Bonchev–Trinajstić information content (AvgIpc) is 2.37. The van der Waals surface area contributed by atoms with Gasteiger partial charge in [0.1, 0.15) is 11.5 Å². The molecule has 1 amide bonds. The van der Waals surface area contributed by atoms with Crippen molar-refractivity contribution < 1.29 is 19.4 Å².